The van der Waals surface area contributed by atoms with Gasteiger partial charge >= 0.3 is 0 Å². The summed E-state index contributed by atoms with van der Waals surface area (Å²) in [5, 5.41) is 11.5. The van der Waals surface area contributed by atoms with Crippen molar-refractivity contribution in [1.29, 1.82) is 0 Å². The number of aromatic amines is 1. The first-order valence-electron chi connectivity index (χ1n) is 6.52. The molecule has 19 heavy (non-hydrogen) atoms. The summed E-state index contributed by atoms with van der Waals surface area (Å²) < 4.78 is 6.02. The number of hydrogen-bond donors (Lipinski definition) is 2. The Labute approximate surface area is 111 Å². The Hall–Kier alpha value is -2.07. The molecule has 98 valence electrons. The van der Waals surface area contributed by atoms with E-state index in [2.05, 4.69) is 28.5 Å². The summed E-state index contributed by atoms with van der Waals surface area (Å²) in [6, 6.07) is 8.15. The van der Waals surface area contributed by atoms with Crippen molar-refractivity contribution in [3.05, 3.63) is 41.6 Å². The Morgan fingerprint density at radius 3 is 2.95 bits per heavy atom. The van der Waals surface area contributed by atoms with E-state index in [0.29, 0.717) is 0 Å². The molecule has 0 aliphatic heterocycles. The first-order valence-corrected chi connectivity index (χ1v) is 6.52. The van der Waals surface area contributed by atoms with E-state index in [1.54, 1.807) is 0 Å². The van der Waals surface area contributed by atoms with Crippen molar-refractivity contribution in [2.75, 3.05) is 7.05 Å². The van der Waals surface area contributed by atoms with Crippen LogP contribution in [0.25, 0.3) is 22.4 Å². The lowest BCUT2D eigenvalue weighted by atomic mass is 10.1. The number of furan rings is 1. The van der Waals surface area contributed by atoms with Gasteiger partial charge in [0.05, 0.1) is 6.20 Å². The second kappa shape index (κ2) is 4.90. The third kappa shape index (κ3) is 1.94. The number of rotatable bonds is 4. The first kappa shape index (κ1) is 12.0. The highest BCUT2D eigenvalue weighted by atomic mass is 16.3. The third-order valence-corrected chi connectivity index (χ3v) is 3.36. The molecular formula is C15H17N3O. The van der Waals surface area contributed by atoms with Gasteiger partial charge in [-0.25, -0.2) is 0 Å². The van der Waals surface area contributed by atoms with Crippen molar-refractivity contribution in [2.24, 2.45) is 0 Å². The molecule has 3 aromatic rings. The van der Waals surface area contributed by atoms with E-state index in [1.165, 1.54) is 10.9 Å². The molecule has 0 atom stereocenters. The van der Waals surface area contributed by atoms with Gasteiger partial charge in [0.15, 0.2) is 5.76 Å². The molecule has 4 nitrogen and oxygen atoms in total. The SMILES string of the molecule is CCc1c(-c2[nH]ncc2CNC)oc2ccccc12. The maximum atomic E-state index is 6.02. The van der Waals surface area contributed by atoms with Gasteiger partial charge in [-0.3, -0.25) is 5.10 Å². The van der Waals surface area contributed by atoms with Gasteiger partial charge in [0, 0.05) is 23.1 Å². The normalized spacial score (nSPS) is 11.3. The average Bonchev–Trinajstić information content (AvgIpc) is 3.02. The zero-order chi connectivity index (χ0) is 13.2. The number of nitrogens with zero attached hydrogens (tertiary/aromatic N) is 1. The van der Waals surface area contributed by atoms with E-state index in [9.17, 15) is 0 Å². The Bertz CT molecular complexity index is 696. The lowest BCUT2D eigenvalue weighted by Crippen LogP contribution is -2.05. The highest BCUT2D eigenvalue weighted by Crippen LogP contribution is 2.34. The van der Waals surface area contributed by atoms with Crippen molar-refractivity contribution >= 4 is 11.0 Å². The average molecular weight is 255 g/mol. The fourth-order valence-corrected chi connectivity index (χ4v) is 2.48. The van der Waals surface area contributed by atoms with Gasteiger partial charge < -0.3 is 9.73 Å². The molecule has 0 bridgehead atoms. The Morgan fingerprint density at radius 1 is 1.32 bits per heavy atom. The molecule has 0 aliphatic rings. The molecule has 2 aromatic heterocycles. The number of nitrogens with one attached hydrogen (secondary N) is 2. The lowest BCUT2D eigenvalue weighted by molar-refractivity contribution is 0.622. The monoisotopic (exact) mass is 255 g/mol. The van der Waals surface area contributed by atoms with Gasteiger partial charge in [-0.1, -0.05) is 25.1 Å². The van der Waals surface area contributed by atoms with Gasteiger partial charge in [0.2, 0.25) is 0 Å². The third-order valence-electron chi connectivity index (χ3n) is 3.36. The summed E-state index contributed by atoms with van der Waals surface area (Å²) >= 11 is 0. The summed E-state index contributed by atoms with van der Waals surface area (Å²) in [5.74, 6) is 0.909. The van der Waals surface area contributed by atoms with Crippen molar-refractivity contribution in [2.45, 2.75) is 19.9 Å². The number of hydrogen-bond acceptors (Lipinski definition) is 3. The molecule has 0 spiro atoms. The molecule has 0 aliphatic carbocycles. The number of benzene rings is 1. The lowest BCUT2D eigenvalue weighted by Gasteiger charge is -2.01. The van der Waals surface area contributed by atoms with Crippen LogP contribution in [0.1, 0.15) is 18.1 Å². The van der Waals surface area contributed by atoms with E-state index in [1.807, 2.05) is 31.4 Å². The highest BCUT2D eigenvalue weighted by molar-refractivity contribution is 5.87. The Morgan fingerprint density at radius 2 is 2.16 bits per heavy atom. The van der Waals surface area contributed by atoms with Gasteiger partial charge in [-0.15, -0.1) is 0 Å². The highest BCUT2D eigenvalue weighted by Gasteiger charge is 2.18. The summed E-state index contributed by atoms with van der Waals surface area (Å²) in [7, 11) is 1.93. The van der Waals surface area contributed by atoms with Crippen LogP contribution in [-0.4, -0.2) is 17.2 Å². The number of aromatic nitrogens is 2. The van der Waals surface area contributed by atoms with E-state index >= 15 is 0 Å². The van der Waals surface area contributed by atoms with Crippen LogP contribution in [0, 0.1) is 0 Å². The zero-order valence-corrected chi connectivity index (χ0v) is 11.2. The molecule has 0 saturated carbocycles. The van der Waals surface area contributed by atoms with Crippen LogP contribution in [0.4, 0.5) is 0 Å². The van der Waals surface area contributed by atoms with E-state index in [-0.39, 0.29) is 0 Å². The van der Waals surface area contributed by atoms with Crippen LogP contribution in [0.2, 0.25) is 0 Å². The van der Waals surface area contributed by atoms with Crippen molar-refractivity contribution in [1.82, 2.24) is 15.5 Å². The predicted molar refractivity (Wildman–Crippen MR) is 75.9 cm³/mol. The van der Waals surface area contributed by atoms with Crippen LogP contribution in [0.5, 0.6) is 0 Å². The van der Waals surface area contributed by atoms with Crippen LogP contribution < -0.4 is 5.32 Å². The smallest absolute Gasteiger partial charge is 0.156 e. The van der Waals surface area contributed by atoms with Crippen LogP contribution in [-0.2, 0) is 13.0 Å². The van der Waals surface area contributed by atoms with Crippen LogP contribution in [0.3, 0.4) is 0 Å². The topological polar surface area (TPSA) is 53.9 Å². The number of fused-ring (bicyclic) bond motifs is 1. The van der Waals surface area contributed by atoms with Crippen LogP contribution >= 0.6 is 0 Å². The first-order chi connectivity index (χ1) is 9.35. The fourth-order valence-electron chi connectivity index (χ4n) is 2.48. The Kier molecular flexibility index (Phi) is 3.09. The maximum absolute atomic E-state index is 6.02. The second-order valence-electron chi connectivity index (χ2n) is 4.56. The Balaban J connectivity index is 2.21. The fraction of sp³-hybridized carbons (Fsp3) is 0.267. The van der Waals surface area contributed by atoms with Gasteiger partial charge in [0.1, 0.15) is 11.3 Å². The minimum atomic E-state index is 0.770. The van der Waals surface area contributed by atoms with E-state index in [4.69, 9.17) is 4.42 Å². The molecule has 1 aromatic carbocycles. The summed E-state index contributed by atoms with van der Waals surface area (Å²) in [4.78, 5) is 0. The minimum Gasteiger partial charge on any atom is -0.454 e. The van der Waals surface area contributed by atoms with E-state index < -0.39 is 0 Å². The molecular weight excluding hydrogens is 238 g/mol. The molecule has 0 fully saturated rings. The standard InChI is InChI=1S/C15H17N3O/c1-3-11-12-6-4-5-7-13(12)19-15(11)14-10(8-16-2)9-17-18-14/h4-7,9,16H,3,8H2,1-2H3,(H,17,18). The van der Waals surface area contributed by atoms with Gasteiger partial charge in [-0.2, -0.15) is 5.10 Å². The van der Waals surface area contributed by atoms with Gasteiger partial charge in [-0.05, 0) is 19.5 Å². The summed E-state index contributed by atoms with van der Waals surface area (Å²) in [6.07, 6.45) is 2.78. The van der Waals surface area contributed by atoms with Crippen molar-refractivity contribution in [3.8, 4) is 11.5 Å². The van der Waals surface area contributed by atoms with Crippen LogP contribution in [0.15, 0.2) is 34.9 Å². The van der Waals surface area contributed by atoms with Gasteiger partial charge in [0.25, 0.3) is 0 Å². The second-order valence-corrected chi connectivity index (χ2v) is 4.56. The largest absolute Gasteiger partial charge is 0.454 e. The predicted octanol–water partition coefficient (Wildman–Crippen LogP) is 3.10. The number of H-pyrrole nitrogens is 1. The molecule has 0 radical (unpaired) electrons. The number of aryl methyl sites for hydroxylation is 1. The molecule has 0 saturated heterocycles. The zero-order valence-electron chi connectivity index (χ0n) is 11.2. The molecule has 0 unspecified atom stereocenters. The molecule has 2 N–H and O–H groups in total. The molecule has 3 rings (SSSR count). The maximum Gasteiger partial charge on any atom is 0.156 e. The molecule has 2 heterocycles. The summed E-state index contributed by atoms with van der Waals surface area (Å²) in [6.45, 7) is 2.92. The van der Waals surface area contributed by atoms with E-state index in [0.717, 1.165) is 35.6 Å². The minimum absolute atomic E-state index is 0.770. The van der Waals surface area contributed by atoms with Crippen molar-refractivity contribution < 1.29 is 4.42 Å². The van der Waals surface area contributed by atoms with Crippen molar-refractivity contribution in [3.63, 3.8) is 0 Å². The molecule has 4 heteroatoms. The summed E-state index contributed by atoms with van der Waals surface area (Å²) in [5.41, 5.74) is 4.26. The quantitative estimate of drug-likeness (QED) is 0.753. The number of para-hydroxylation sites is 1. The molecule has 0 amide bonds.